The fourth-order valence-corrected chi connectivity index (χ4v) is 6.54. The van der Waals surface area contributed by atoms with Gasteiger partial charge in [0.25, 0.3) is 0 Å². The standard InChI is InChI=1S/C20H27NO/c1-18-10-4-3-5-14(18)6-7-15-16(18)8-11-19(2)17(15)9-12-20(19,22)13-21/h4-5,10,15-17,22H,3,6-9,11-12H2,1-2H3/t15-,16+,17+,18+,19+,20+/m1/s1. The van der Waals surface area contributed by atoms with Crippen molar-refractivity contribution in [3.05, 3.63) is 23.8 Å². The van der Waals surface area contributed by atoms with Gasteiger partial charge in [0.15, 0.2) is 5.60 Å². The summed E-state index contributed by atoms with van der Waals surface area (Å²) in [7, 11) is 0. The normalized spacial score (nSPS) is 53.0. The topological polar surface area (TPSA) is 44.0 Å². The average Bonchev–Trinajstić information content (AvgIpc) is 2.79. The van der Waals surface area contributed by atoms with E-state index < -0.39 is 5.60 Å². The van der Waals surface area contributed by atoms with Crippen molar-refractivity contribution in [2.75, 3.05) is 0 Å². The molecule has 0 aromatic rings. The maximum atomic E-state index is 10.9. The largest absolute Gasteiger partial charge is 0.375 e. The second-order valence-electron chi connectivity index (χ2n) is 8.53. The summed E-state index contributed by atoms with van der Waals surface area (Å²) < 4.78 is 0. The smallest absolute Gasteiger partial charge is 0.156 e. The van der Waals surface area contributed by atoms with Crippen LogP contribution in [0.5, 0.6) is 0 Å². The lowest BCUT2D eigenvalue weighted by Gasteiger charge is -2.57. The molecule has 2 heteroatoms. The number of fused-ring (bicyclic) bond motifs is 5. The first-order valence-corrected chi connectivity index (χ1v) is 8.95. The third-order valence-corrected chi connectivity index (χ3v) is 7.95. The van der Waals surface area contributed by atoms with Crippen molar-refractivity contribution in [2.45, 2.75) is 64.4 Å². The molecule has 1 N–H and O–H groups in total. The van der Waals surface area contributed by atoms with Gasteiger partial charge in [-0.15, -0.1) is 0 Å². The molecule has 0 bridgehead atoms. The van der Waals surface area contributed by atoms with Gasteiger partial charge in [-0.2, -0.15) is 5.26 Å². The first-order valence-electron chi connectivity index (χ1n) is 8.95. The highest BCUT2D eigenvalue weighted by molar-refractivity contribution is 5.32. The number of rotatable bonds is 0. The first kappa shape index (κ1) is 14.5. The van der Waals surface area contributed by atoms with E-state index in [0.29, 0.717) is 24.2 Å². The predicted molar refractivity (Wildman–Crippen MR) is 86.8 cm³/mol. The van der Waals surface area contributed by atoms with E-state index in [9.17, 15) is 10.4 Å². The number of nitrogens with zero attached hydrogens (tertiary/aromatic N) is 1. The molecular weight excluding hydrogens is 270 g/mol. The van der Waals surface area contributed by atoms with Crippen molar-refractivity contribution in [1.29, 1.82) is 5.26 Å². The summed E-state index contributed by atoms with van der Waals surface area (Å²) in [5.41, 5.74) is 0.588. The van der Waals surface area contributed by atoms with Crippen LogP contribution in [0.1, 0.15) is 58.8 Å². The minimum absolute atomic E-state index is 0.196. The van der Waals surface area contributed by atoms with Crippen molar-refractivity contribution in [3.63, 3.8) is 0 Å². The van der Waals surface area contributed by atoms with Gasteiger partial charge in [0, 0.05) is 10.8 Å². The molecule has 0 saturated heterocycles. The second-order valence-corrected chi connectivity index (χ2v) is 8.53. The third kappa shape index (κ3) is 1.59. The Labute approximate surface area is 133 Å². The Morgan fingerprint density at radius 2 is 1.95 bits per heavy atom. The van der Waals surface area contributed by atoms with E-state index >= 15 is 0 Å². The third-order valence-electron chi connectivity index (χ3n) is 7.95. The number of nitriles is 1. The fraction of sp³-hybridized carbons (Fsp3) is 0.750. The molecule has 4 aliphatic rings. The molecule has 3 fully saturated rings. The minimum Gasteiger partial charge on any atom is -0.375 e. The lowest BCUT2D eigenvalue weighted by atomic mass is 9.47. The molecule has 0 unspecified atom stereocenters. The van der Waals surface area contributed by atoms with Gasteiger partial charge < -0.3 is 5.11 Å². The van der Waals surface area contributed by atoms with E-state index in [1.165, 1.54) is 12.8 Å². The number of allylic oxidation sites excluding steroid dienone is 4. The van der Waals surface area contributed by atoms with Crippen LogP contribution >= 0.6 is 0 Å². The molecule has 0 radical (unpaired) electrons. The summed E-state index contributed by atoms with van der Waals surface area (Å²) in [5, 5.41) is 20.4. The van der Waals surface area contributed by atoms with E-state index in [2.05, 4.69) is 38.1 Å². The Morgan fingerprint density at radius 3 is 2.73 bits per heavy atom. The molecule has 6 atom stereocenters. The fourth-order valence-electron chi connectivity index (χ4n) is 6.54. The van der Waals surface area contributed by atoms with Crippen LogP contribution in [0.3, 0.4) is 0 Å². The molecule has 0 heterocycles. The zero-order chi connectivity index (χ0) is 15.6. The predicted octanol–water partition coefficient (Wildman–Crippen LogP) is 4.37. The van der Waals surface area contributed by atoms with Gasteiger partial charge in [-0.25, -0.2) is 0 Å². The van der Waals surface area contributed by atoms with E-state index in [-0.39, 0.29) is 10.8 Å². The van der Waals surface area contributed by atoms with Crippen LogP contribution in [-0.2, 0) is 0 Å². The lowest BCUT2D eigenvalue weighted by molar-refractivity contribution is -0.0924. The molecule has 118 valence electrons. The summed E-state index contributed by atoms with van der Waals surface area (Å²) >= 11 is 0. The van der Waals surface area contributed by atoms with Gasteiger partial charge in [0.05, 0.1) is 6.07 Å². The van der Waals surface area contributed by atoms with Gasteiger partial charge in [-0.1, -0.05) is 37.6 Å². The maximum absolute atomic E-state index is 10.9. The summed E-state index contributed by atoms with van der Waals surface area (Å²) in [6.45, 7) is 4.62. The average molecular weight is 297 g/mol. The zero-order valence-electron chi connectivity index (χ0n) is 13.8. The second kappa shape index (κ2) is 4.48. The summed E-state index contributed by atoms with van der Waals surface area (Å²) in [6.07, 6.45) is 14.7. The highest BCUT2D eigenvalue weighted by atomic mass is 16.3. The number of hydrogen-bond acceptors (Lipinski definition) is 2. The SMILES string of the molecule is C[C@]12C=CCC=C1CC[C@@H]1[C@@H]2CC[C@@]2(C)[C@H]1CC[C@]2(O)C#N. The Bertz CT molecular complexity index is 599. The Morgan fingerprint density at radius 1 is 1.18 bits per heavy atom. The van der Waals surface area contributed by atoms with Crippen LogP contribution in [-0.4, -0.2) is 10.7 Å². The zero-order valence-corrected chi connectivity index (χ0v) is 13.8. The van der Waals surface area contributed by atoms with Gasteiger partial charge in [0.2, 0.25) is 0 Å². The molecule has 22 heavy (non-hydrogen) atoms. The van der Waals surface area contributed by atoms with Gasteiger partial charge >= 0.3 is 0 Å². The van der Waals surface area contributed by atoms with Crippen molar-refractivity contribution in [1.82, 2.24) is 0 Å². The number of aliphatic hydroxyl groups is 1. The van der Waals surface area contributed by atoms with Crippen molar-refractivity contribution in [3.8, 4) is 6.07 Å². The van der Waals surface area contributed by atoms with E-state index in [0.717, 1.165) is 25.7 Å². The van der Waals surface area contributed by atoms with Crippen LogP contribution in [0.15, 0.2) is 23.8 Å². The molecule has 0 aliphatic heterocycles. The highest BCUT2D eigenvalue weighted by Crippen LogP contribution is 2.66. The van der Waals surface area contributed by atoms with Crippen LogP contribution in [0, 0.1) is 39.9 Å². The molecule has 0 aromatic carbocycles. The lowest BCUT2D eigenvalue weighted by Crippen LogP contribution is -2.53. The van der Waals surface area contributed by atoms with Crippen LogP contribution in [0.2, 0.25) is 0 Å². The van der Waals surface area contributed by atoms with Gasteiger partial charge in [0.1, 0.15) is 0 Å². The first-order chi connectivity index (χ1) is 10.4. The summed E-state index contributed by atoms with van der Waals surface area (Å²) in [6, 6.07) is 2.27. The molecule has 3 saturated carbocycles. The highest BCUT2D eigenvalue weighted by Gasteiger charge is 2.63. The van der Waals surface area contributed by atoms with Crippen molar-refractivity contribution < 1.29 is 5.11 Å². The Kier molecular flexibility index (Phi) is 2.96. The molecule has 0 aromatic heterocycles. The van der Waals surface area contributed by atoms with E-state index in [4.69, 9.17) is 0 Å². The van der Waals surface area contributed by atoms with Crippen LogP contribution < -0.4 is 0 Å². The van der Waals surface area contributed by atoms with Crippen molar-refractivity contribution >= 4 is 0 Å². The Balaban J connectivity index is 1.72. The molecule has 0 spiro atoms. The molecule has 2 nitrogen and oxygen atoms in total. The summed E-state index contributed by atoms with van der Waals surface area (Å²) in [5.74, 6) is 1.89. The summed E-state index contributed by atoms with van der Waals surface area (Å²) in [4.78, 5) is 0. The van der Waals surface area contributed by atoms with Crippen LogP contribution in [0.25, 0.3) is 0 Å². The van der Waals surface area contributed by atoms with Crippen LogP contribution in [0.4, 0.5) is 0 Å². The van der Waals surface area contributed by atoms with Gasteiger partial charge in [-0.3, -0.25) is 0 Å². The maximum Gasteiger partial charge on any atom is 0.156 e. The quantitative estimate of drug-likeness (QED) is 0.533. The molecular formula is C20H27NO. The van der Waals surface area contributed by atoms with Gasteiger partial charge in [-0.05, 0) is 62.7 Å². The molecule has 4 rings (SSSR count). The monoisotopic (exact) mass is 297 g/mol. The number of hydrogen-bond donors (Lipinski definition) is 1. The molecule has 0 amide bonds. The van der Waals surface area contributed by atoms with E-state index in [1.54, 1.807) is 5.57 Å². The molecule has 4 aliphatic carbocycles. The van der Waals surface area contributed by atoms with E-state index in [1.807, 2.05) is 0 Å². The minimum atomic E-state index is -1.10. The van der Waals surface area contributed by atoms with Crippen molar-refractivity contribution in [2.24, 2.45) is 28.6 Å². The Hall–Kier alpha value is -1.07.